The maximum atomic E-state index is 12.4. The van der Waals surface area contributed by atoms with Gasteiger partial charge >= 0.3 is 11.9 Å². The number of ether oxygens (including phenoxy) is 4. The molecule has 0 radical (unpaired) electrons. The molecule has 2 fully saturated rings. The molecule has 14 heteroatoms. The van der Waals surface area contributed by atoms with Gasteiger partial charge in [-0.05, 0) is 70.8 Å². The predicted octanol–water partition coefficient (Wildman–Crippen LogP) is 8.34. The second-order valence-electron chi connectivity index (χ2n) is 11.8. The molecule has 2 amide bonds. The molecular formula is C39H38Cl4N2O8. The molecule has 0 aliphatic carbocycles. The van der Waals surface area contributed by atoms with E-state index >= 15 is 0 Å². The van der Waals surface area contributed by atoms with E-state index in [0.29, 0.717) is 20.1 Å². The topological polar surface area (TPSA) is 129 Å². The lowest BCUT2D eigenvalue weighted by Crippen LogP contribution is -2.48. The van der Waals surface area contributed by atoms with Crippen LogP contribution in [0.1, 0.15) is 66.8 Å². The van der Waals surface area contributed by atoms with Crippen molar-refractivity contribution in [3.63, 3.8) is 0 Å². The summed E-state index contributed by atoms with van der Waals surface area (Å²) in [5, 5.41) is 8.19. The van der Waals surface area contributed by atoms with E-state index in [1.807, 2.05) is 48.5 Å². The Bertz CT molecular complexity index is 1760. The van der Waals surface area contributed by atoms with Gasteiger partial charge in [-0.2, -0.15) is 0 Å². The second kappa shape index (κ2) is 19.3. The number of nitrogens with one attached hydrogen (secondary N) is 2. The van der Waals surface area contributed by atoms with Gasteiger partial charge in [0.15, 0.2) is 0 Å². The van der Waals surface area contributed by atoms with Gasteiger partial charge in [0.25, 0.3) is 0 Å². The molecule has 280 valence electrons. The standard InChI is InChI=1S/2C19H17Cl2NO4.CH4/c2*1-25-16(23)10-15-19(24)22-17(11-5-7-13(20)8-6-11)18(26-15)12-3-2-4-14(21)9-12;/h2*2-9,15,17-18H,10H2,1H3,(H,22,24);1H4/t15-,17+,18+;15-,17-,18-;/m01./s1. The van der Waals surface area contributed by atoms with Gasteiger partial charge in [-0.25, -0.2) is 0 Å². The Labute approximate surface area is 327 Å². The van der Waals surface area contributed by atoms with Crippen molar-refractivity contribution in [2.45, 2.75) is 56.8 Å². The van der Waals surface area contributed by atoms with Crippen molar-refractivity contribution in [1.29, 1.82) is 0 Å². The number of hydrogen-bond donors (Lipinski definition) is 2. The molecule has 2 N–H and O–H groups in total. The maximum absolute atomic E-state index is 12.4. The molecule has 4 aromatic rings. The van der Waals surface area contributed by atoms with E-state index in [0.717, 1.165) is 22.3 Å². The van der Waals surface area contributed by atoms with Gasteiger partial charge in [-0.1, -0.05) is 102 Å². The minimum atomic E-state index is -0.935. The number of morpholine rings is 2. The number of halogens is 4. The van der Waals surface area contributed by atoms with Gasteiger partial charge in [-0.15, -0.1) is 0 Å². The number of hydrogen-bond acceptors (Lipinski definition) is 8. The van der Waals surface area contributed by atoms with Crippen LogP contribution in [0.3, 0.4) is 0 Å². The summed E-state index contributed by atoms with van der Waals surface area (Å²) in [7, 11) is 2.54. The molecule has 0 aromatic heterocycles. The minimum absolute atomic E-state index is 0. The van der Waals surface area contributed by atoms with Crippen LogP contribution in [0.4, 0.5) is 0 Å². The molecule has 10 nitrogen and oxygen atoms in total. The van der Waals surface area contributed by atoms with Crippen LogP contribution < -0.4 is 10.6 Å². The molecule has 6 atom stereocenters. The van der Waals surface area contributed by atoms with Gasteiger partial charge in [0.2, 0.25) is 11.8 Å². The fraction of sp³-hybridized carbons (Fsp3) is 0.282. The highest BCUT2D eigenvalue weighted by Gasteiger charge is 2.40. The maximum Gasteiger partial charge on any atom is 0.308 e. The van der Waals surface area contributed by atoms with Crippen LogP contribution in [0.2, 0.25) is 20.1 Å². The van der Waals surface area contributed by atoms with Gasteiger partial charge in [0, 0.05) is 20.1 Å². The number of methoxy groups -OCH3 is 2. The first-order chi connectivity index (χ1) is 24.9. The molecule has 2 heterocycles. The van der Waals surface area contributed by atoms with E-state index in [1.54, 1.807) is 48.5 Å². The summed E-state index contributed by atoms with van der Waals surface area (Å²) in [5.41, 5.74) is 3.27. The van der Waals surface area contributed by atoms with E-state index in [1.165, 1.54) is 14.2 Å². The minimum Gasteiger partial charge on any atom is -0.469 e. The highest BCUT2D eigenvalue weighted by Crippen LogP contribution is 2.39. The Hall–Kier alpha value is -4.16. The van der Waals surface area contributed by atoms with Gasteiger partial charge in [-0.3, -0.25) is 19.2 Å². The molecule has 0 bridgehead atoms. The van der Waals surface area contributed by atoms with E-state index in [9.17, 15) is 19.2 Å². The molecule has 4 aromatic carbocycles. The average Bonchev–Trinajstić information content (AvgIpc) is 3.13. The number of rotatable bonds is 8. The highest BCUT2D eigenvalue weighted by molar-refractivity contribution is 6.31. The normalized spacial score (nSPS) is 22.2. The fourth-order valence-corrected chi connectivity index (χ4v) is 6.44. The highest BCUT2D eigenvalue weighted by atomic mass is 35.5. The van der Waals surface area contributed by atoms with Crippen LogP contribution in [0.15, 0.2) is 97.1 Å². The lowest BCUT2D eigenvalue weighted by Gasteiger charge is -2.37. The third kappa shape index (κ3) is 10.9. The smallest absolute Gasteiger partial charge is 0.308 e. The zero-order valence-corrected chi connectivity index (χ0v) is 30.9. The van der Waals surface area contributed by atoms with Crippen molar-refractivity contribution in [3.8, 4) is 0 Å². The van der Waals surface area contributed by atoms with Crippen molar-refractivity contribution in [2.75, 3.05) is 14.2 Å². The van der Waals surface area contributed by atoms with Crippen molar-refractivity contribution in [1.82, 2.24) is 10.6 Å². The van der Waals surface area contributed by atoms with Gasteiger partial charge in [0.1, 0.15) is 24.4 Å². The number of carbonyl (C=O) groups is 4. The van der Waals surface area contributed by atoms with E-state index in [-0.39, 0.29) is 32.1 Å². The molecule has 2 aliphatic rings. The Morgan fingerprint density at radius 3 is 1.25 bits per heavy atom. The van der Waals surface area contributed by atoms with Crippen molar-refractivity contribution in [3.05, 3.63) is 139 Å². The quantitative estimate of drug-likeness (QED) is 0.170. The van der Waals surface area contributed by atoms with Crippen molar-refractivity contribution >= 4 is 70.2 Å². The summed E-state index contributed by atoms with van der Waals surface area (Å²) in [6.07, 6.45) is -3.21. The first-order valence-electron chi connectivity index (χ1n) is 16.0. The summed E-state index contributed by atoms with van der Waals surface area (Å²) < 4.78 is 21.3. The Balaban J connectivity index is 0.000000232. The van der Waals surface area contributed by atoms with E-state index < -0.39 is 48.4 Å². The zero-order chi connectivity index (χ0) is 37.4. The molecule has 6 rings (SSSR count). The van der Waals surface area contributed by atoms with Gasteiger partial charge < -0.3 is 29.6 Å². The molecule has 53 heavy (non-hydrogen) atoms. The molecule has 2 saturated heterocycles. The molecule has 0 spiro atoms. The average molecular weight is 805 g/mol. The van der Waals surface area contributed by atoms with Crippen LogP contribution >= 0.6 is 46.4 Å². The largest absolute Gasteiger partial charge is 0.469 e. The van der Waals surface area contributed by atoms with Crippen LogP contribution in [0.5, 0.6) is 0 Å². The number of carbonyl (C=O) groups excluding carboxylic acids is 4. The van der Waals surface area contributed by atoms with Crippen LogP contribution in [0.25, 0.3) is 0 Å². The molecule has 0 saturated carbocycles. The number of amides is 2. The molecular weight excluding hydrogens is 766 g/mol. The summed E-state index contributed by atoms with van der Waals surface area (Å²) in [6.45, 7) is 0. The Morgan fingerprint density at radius 2 is 0.925 bits per heavy atom. The van der Waals surface area contributed by atoms with E-state index in [4.69, 9.17) is 55.9 Å². The second-order valence-corrected chi connectivity index (χ2v) is 13.6. The van der Waals surface area contributed by atoms with Crippen LogP contribution in [-0.2, 0) is 38.1 Å². The third-order valence-corrected chi connectivity index (χ3v) is 9.35. The van der Waals surface area contributed by atoms with Crippen molar-refractivity contribution < 1.29 is 38.1 Å². The predicted molar refractivity (Wildman–Crippen MR) is 203 cm³/mol. The SMILES string of the molecule is C.COC(=O)C[C@@H]1O[C@H](c2cccc(Cl)c2)[C@@H](c2ccc(Cl)cc2)NC1=O.COC(=O)C[C@H]1O[C@H](c2cccc(Cl)c2)[C@@H](c2ccc(Cl)cc2)NC1=O. The number of benzene rings is 4. The zero-order valence-electron chi connectivity index (χ0n) is 27.9. The Morgan fingerprint density at radius 1 is 0.566 bits per heavy atom. The van der Waals surface area contributed by atoms with Crippen molar-refractivity contribution in [2.24, 2.45) is 0 Å². The van der Waals surface area contributed by atoms with Crippen LogP contribution in [-0.4, -0.2) is 50.2 Å². The Kier molecular flexibility index (Phi) is 15.1. The lowest BCUT2D eigenvalue weighted by molar-refractivity contribution is -0.160. The summed E-state index contributed by atoms with van der Waals surface area (Å²) >= 11 is 24.2. The number of esters is 2. The summed E-state index contributed by atoms with van der Waals surface area (Å²) in [6, 6.07) is 27.9. The monoisotopic (exact) mass is 802 g/mol. The molecule has 0 unspecified atom stereocenters. The van der Waals surface area contributed by atoms with E-state index in [2.05, 4.69) is 20.1 Å². The lowest BCUT2D eigenvalue weighted by atomic mass is 9.93. The fourth-order valence-electron chi connectivity index (χ4n) is 5.80. The summed E-state index contributed by atoms with van der Waals surface area (Å²) in [5.74, 6) is -1.76. The van der Waals surface area contributed by atoms with Gasteiger partial charge in [0.05, 0.1) is 39.1 Å². The first kappa shape index (κ1) is 41.6. The molecule has 2 aliphatic heterocycles. The van der Waals surface area contributed by atoms with Crippen LogP contribution in [0, 0.1) is 0 Å². The third-order valence-electron chi connectivity index (χ3n) is 8.38. The first-order valence-corrected chi connectivity index (χ1v) is 17.5. The summed E-state index contributed by atoms with van der Waals surface area (Å²) in [4.78, 5) is 48.1.